The number of methoxy groups -OCH3 is 1. The highest BCUT2D eigenvalue weighted by molar-refractivity contribution is 6.39. The molecule has 1 saturated heterocycles. The fraction of sp³-hybridized carbons (Fsp3) is 0.500. The summed E-state index contributed by atoms with van der Waals surface area (Å²) < 4.78 is 5.26. The molecule has 1 aromatic carbocycles. The molecule has 1 fully saturated rings. The zero-order valence-electron chi connectivity index (χ0n) is 14.3. The summed E-state index contributed by atoms with van der Waals surface area (Å²) in [5.41, 5.74) is 0.804. The Morgan fingerprint density at radius 3 is 2.33 bits per heavy atom. The maximum Gasteiger partial charge on any atom is 0.313 e. The summed E-state index contributed by atoms with van der Waals surface area (Å²) in [5, 5.41) is 11.8. The predicted octanol–water partition coefficient (Wildman–Crippen LogP) is 2.06. The third-order valence-corrected chi connectivity index (χ3v) is 4.40. The van der Waals surface area contributed by atoms with E-state index in [1.807, 2.05) is 13.8 Å². The third-order valence-electron chi connectivity index (χ3n) is 4.40. The number of carbonyl (C=O) groups excluding carboxylic acids is 2. The van der Waals surface area contributed by atoms with Crippen molar-refractivity contribution in [1.29, 1.82) is 5.26 Å². The number of ether oxygens (including phenoxy) is 1. The van der Waals surface area contributed by atoms with Gasteiger partial charge in [0.25, 0.3) is 0 Å². The summed E-state index contributed by atoms with van der Waals surface area (Å²) in [4.78, 5) is 25.9. The molecule has 1 aliphatic rings. The highest BCUT2D eigenvalue weighted by Gasteiger charge is 2.27. The molecular weight excluding hydrogens is 306 g/mol. The molecule has 0 radical (unpaired) electrons. The van der Waals surface area contributed by atoms with Crippen LogP contribution in [0.4, 0.5) is 5.69 Å². The fourth-order valence-electron chi connectivity index (χ4n) is 2.66. The van der Waals surface area contributed by atoms with Crippen LogP contribution in [0.5, 0.6) is 0 Å². The van der Waals surface area contributed by atoms with Gasteiger partial charge in [0, 0.05) is 25.9 Å². The number of carbonyl (C=O) groups is 2. The van der Waals surface area contributed by atoms with Gasteiger partial charge in [-0.1, -0.05) is 12.1 Å². The van der Waals surface area contributed by atoms with Crippen LogP contribution in [-0.2, 0) is 19.7 Å². The standard InChI is InChI=1S/C18H23N3O3/c1-18(2,12-19)13-4-6-14(7-5-13)20-16(22)17(23)21-10-8-15(24-3)9-11-21/h4-7,15H,8-11H2,1-3H3,(H,20,22). The van der Waals surface area contributed by atoms with Gasteiger partial charge < -0.3 is 15.0 Å². The van der Waals surface area contributed by atoms with E-state index in [1.165, 1.54) is 0 Å². The Balaban J connectivity index is 1.95. The van der Waals surface area contributed by atoms with Crippen molar-refractivity contribution in [3.63, 3.8) is 0 Å². The number of nitrogens with zero attached hydrogens (tertiary/aromatic N) is 2. The van der Waals surface area contributed by atoms with Gasteiger partial charge in [-0.3, -0.25) is 9.59 Å². The number of anilines is 1. The molecule has 24 heavy (non-hydrogen) atoms. The summed E-state index contributed by atoms with van der Waals surface area (Å²) in [6, 6.07) is 9.21. The molecule has 0 bridgehead atoms. The minimum Gasteiger partial charge on any atom is -0.381 e. The molecule has 0 spiro atoms. The van der Waals surface area contributed by atoms with Crippen molar-refractivity contribution >= 4 is 17.5 Å². The maximum absolute atomic E-state index is 12.2. The van der Waals surface area contributed by atoms with Gasteiger partial charge in [-0.15, -0.1) is 0 Å². The molecule has 1 heterocycles. The molecule has 1 N–H and O–H groups in total. The van der Waals surface area contributed by atoms with Gasteiger partial charge >= 0.3 is 11.8 Å². The van der Waals surface area contributed by atoms with Gasteiger partial charge in [-0.05, 0) is 44.4 Å². The molecule has 128 valence electrons. The van der Waals surface area contributed by atoms with Crippen LogP contribution in [-0.4, -0.2) is 43.0 Å². The quantitative estimate of drug-likeness (QED) is 0.861. The van der Waals surface area contributed by atoms with E-state index in [0.29, 0.717) is 18.8 Å². The maximum atomic E-state index is 12.2. The number of benzene rings is 1. The Morgan fingerprint density at radius 2 is 1.83 bits per heavy atom. The molecule has 2 amide bonds. The first-order valence-corrected chi connectivity index (χ1v) is 8.02. The first-order valence-electron chi connectivity index (χ1n) is 8.02. The average Bonchev–Trinajstić information content (AvgIpc) is 2.61. The highest BCUT2D eigenvalue weighted by Crippen LogP contribution is 2.23. The minimum atomic E-state index is -0.641. The van der Waals surface area contributed by atoms with E-state index in [2.05, 4.69) is 11.4 Å². The summed E-state index contributed by atoms with van der Waals surface area (Å²) in [7, 11) is 1.66. The van der Waals surface area contributed by atoms with E-state index in [0.717, 1.165) is 18.4 Å². The topological polar surface area (TPSA) is 82.4 Å². The van der Waals surface area contributed by atoms with E-state index >= 15 is 0 Å². The molecule has 0 aliphatic carbocycles. The van der Waals surface area contributed by atoms with Crippen LogP contribution >= 0.6 is 0 Å². The van der Waals surface area contributed by atoms with E-state index in [1.54, 1.807) is 36.3 Å². The third kappa shape index (κ3) is 4.12. The van der Waals surface area contributed by atoms with Crippen molar-refractivity contribution < 1.29 is 14.3 Å². The SMILES string of the molecule is COC1CCN(C(=O)C(=O)Nc2ccc(C(C)(C)C#N)cc2)CC1. The smallest absolute Gasteiger partial charge is 0.313 e. The Kier molecular flexibility index (Phi) is 5.58. The molecule has 1 aromatic rings. The summed E-state index contributed by atoms with van der Waals surface area (Å²) >= 11 is 0. The Hall–Kier alpha value is -2.39. The fourth-order valence-corrected chi connectivity index (χ4v) is 2.66. The van der Waals surface area contributed by atoms with Crippen molar-refractivity contribution in [2.75, 3.05) is 25.5 Å². The van der Waals surface area contributed by atoms with Crippen LogP contribution in [0.1, 0.15) is 32.3 Å². The lowest BCUT2D eigenvalue weighted by molar-refractivity contribution is -0.144. The second-order valence-electron chi connectivity index (χ2n) is 6.50. The molecule has 0 aromatic heterocycles. The van der Waals surface area contributed by atoms with Crippen LogP contribution in [0.15, 0.2) is 24.3 Å². The number of hydrogen-bond acceptors (Lipinski definition) is 4. The summed E-state index contributed by atoms with van der Waals surface area (Å²) in [5.74, 6) is -1.16. The zero-order chi connectivity index (χ0) is 17.7. The summed E-state index contributed by atoms with van der Waals surface area (Å²) in [6.07, 6.45) is 1.65. The number of piperidine rings is 1. The minimum absolute atomic E-state index is 0.160. The largest absolute Gasteiger partial charge is 0.381 e. The second-order valence-corrected chi connectivity index (χ2v) is 6.50. The van der Waals surface area contributed by atoms with Gasteiger partial charge in [-0.25, -0.2) is 0 Å². The van der Waals surface area contributed by atoms with E-state index in [-0.39, 0.29) is 6.10 Å². The van der Waals surface area contributed by atoms with Gasteiger partial charge in [-0.2, -0.15) is 5.26 Å². The number of hydrogen-bond donors (Lipinski definition) is 1. The van der Waals surface area contributed by atoms with Gasteiger partial charge in [0.15, 0.2) is 0 Å². The number of nitrogens with one attached hydrogen (secondary N) is 1. The monoisotopic (exact) mass is 329 g/mol. The first kappa shape index (κ1) is 18.0. The number of nitriles is 1. The van der Waals surface area contributed by atoms with Crippen LogP contribution in [0.25, 0.3) is 0 Å². The Bertz CT molecular complexity index is 638. The summed E-state index contributed by atoms with van der Waals surface area (Å²) in [6.45, 7) is 4.71. The van der Waals surface area contributed by atoms with Crippen molar-refractivity contribution in [3.8, 4) is 6.07 Å². The molecule has 6 nitrogen and oxygen atoms in total. The van der Waals surface area contributed by atoms with E-state index in [9.17, 15) is 9.59 Å². The Labute approximate surface area is 142 Å². The van der Waals surface area contributed by atoms with Gasteiger partial charge in [0.05, 0.1) is 17.6 Å². The van der Waals surface area contributed by atoms with Gasteiger partial charge in [0.2, 0.25) is 0 Å². The Morgan fingerprint density at radius 1 is 1.25 bits per heavy atom. The first-order chi connectivity index (χ1) is 11.4. The molecule has 0 saturated carbocycles. The second kappa shape index (κ2) is 7.45. The van der Waals surface area contributed by atoms with Crippen molar-refractivity contribution in [2.24, 2.45) is 0 Å². The molecule has 2 rings (SSSR count). The molecule has 0 atom stereocenters. The molecule has 6 heteroatoms. The highest BCUT2D eigenvalue weighted by atomic mass is 16.5. The zero-order valence-corrected chi connectivity index (χ0v) is 14.3. The van der Waals surface area contributed by atoms with Crippen LogP contribution in [0.2, 0.25) is 0 Å². The molecular formula is C18H23N3O3. The number of amides is 2. The lowest BCUT2D eigenvalue weighted by Gasteiger charge is -2.30. The van der Waals surface area contributed by atoms with Crippen molar-refractivity contribution in [3.05, 3.63) is 29.8 Å². The van der Waals surface area contributed by atoms with Crippen LogP contribution in [0.3, 0.4) is 0 Å². The molecule has 0 unspecified atom stereocenters. The normalized spacial score (nSPS) is 15.7. The molecule has 1 aliphatic heterocycles. The number of likely N-dealkylation sites (tertiary alicyclic amines) is 1. The lowest BCUT2D eigenvalue weighted by atomic mass is 9.86. The van der Waals surface area contributed by atoms with Crippen molar-refractivity contribution in [1.82, 2.24) is 4.90 Å². The van der Waals surface area contributed by atoms with Gasteiger partial charge in [0.1, 0.15) is 0 Å². The number of rotatable bonds is 3. The van der Waals surface area contributed by atoms with E-state index in [4.69, 9.17) is 10.00 Å². The van der Waals surface area contributed by atoms with Crippen molar-refractivity contribution in [2.45, 2.75) is 38.2 Å². The van der Waals surface area contributed by atoms with Crippen LogP contribution in [0, 0.1) is 11.3 Å². The van der Waals surface area contributed by atoms with E-state index < -0.39 is 17.2 Å². The predicted molar refractivity (Wildman–Crippen MR) is 90.3 cm³/mol. The van der Waals surface area contributed by atoms with Crippen LogP contribution < -0.4 is 5.32 Å². The average molecular weight is 329 g/mol. The lowest BCUT2D eigenvalue weighted by Crippen LogP contribution is -2.45.